The molecule has 2 aromatic carbocycles. The lowest BCUT2D eigenvalue weighted by atomic mass is 10.1. The van der Waals surface area contributed by atoms with Crippen molar-refractivity contribution in [2.75, 3.05) is 0 Å². The number of hydrogen-bond donors (Lipinski definition) is 2. The van der Waals surface area contributed by atoms with Crippen molar-refractivity contribution in [3.05, 3.63) is 58.7 Å². The Bertz CT molecular complexity index is 666. The molecule has 0 aliphatic heterocycles. The molecular formula is C16H18N2OS. The smallest absolute Gasteiger partial charge is 0.171 e. The second kappa shape index (κ2) is 6.01. The van der Waals surface area contributed by atoms with E-state index in [9.17, 15) is 0 Å². The highest BCUT2D eigenvalue weighted by Crippen LogP contribution is 2.33. The van der Waals surface area contributed by atoms with E-state index in [0.717, 1.165) is 16.0 Å². The third-order valence-corrected chi connectivity index (χ3v) is 4.31. The normalized spacial score (nSPS) is 11.7. The molecular weight excluding hydrogens is 268 g/mol. The number of aryl methyl sites for hydroxylation is 3. The van der Waals surface area contributed by atoms with Gasteiger partial charge in [0, 0.05) is 15.4 Å². The van der Waals surface area contributed by atoms with Gasteiger partial charge in [0.1, 0.15) is 0 Å². The first-order chi connectivity index (χ1) is 9.51. The van der Waals surface area contributed by atoms with Gasteiger partial charge in [0.2, 0.25) is 0 Å². The Balaban J connectivity index is 2.44. The van der Waals surface area contributed by atoms with E-state index in [0.29, 0.717) is 0 Å². The Morgan fingerprint density at radius 1 is 1.00 bits per heavy atom. The SMILES string of the molecule is Cc1ccc(Sc2cc(C)ccc2C(N)=NO)c(C)c1. The summed E-state index contributed by atoms with van der Waals surface area (Å²) in [6, 6.07) is 12.2. The van der Waals surface area contributed by atoms with Crippen molar-refractivity contribution in [2.45, 2.75) is 30.6 Å². The van der Waals surface area contributed by atoms with Crippen LogP contribution in [0.1, 0.15) is 22.3 Å². The van der Waals surface area contributed by atoms with Gasteiger partial charge in [0.15, 0.2) is 5.84 Å². The van der Waals surface area contributed by atoms with Crippen molar-refractivity contribution < 1.29 is 5.21 Å². The molecule has 0 heterocycles. The van der Waals surface area contributed by atoms with Gasteiger partial charge in [-0.05, 0) is 50.1 Å². The number of nitrogens with zero attached hydrogens (tertiary/aromatic N) is 1. The monoisotopic (exact) mass is 286 g/mol. The van der Waals surface area contributed by atoms with Crippen molar-refractivity contribution >= 4 is 17.6 Å². The predicted molar refractivity (Wildman–Crippen MR) is 83.7 cm³/mol. The van der Waals surface area contributed by atoms with Gasteiger partial charge in [0.05, 0.1) is 0 Å². The summed E-state index contributed by atoms with van der Waals surface area (Å²) in [5.41, 5.74) is 10.1. The summed E-state index contributed by atoms with van der Waals surface area (Å²) in [4.78, 5) is 2.17. The van der Waals surface area contributed by atoms with Crippen LogP contribution in [0, 0.1) is 20.8 Å². The third kappa shape index (κ3) is 3.14. The van der Waals surface area contributed by atoms with Gasteiger partial charge in [0.25, 0.3) is 0 Å². The van der Waals surface area contributed by atoms with Crippen LogP contribution in [0.4, 0.5) is 0 Å². The summed E-state index contributed by atoms with van der Waals surface area (Å²) < 4.78 is 0. The van der Waals surface area contributed by atoms with Crippen LogP contribution < -0.4 is 5.73 Å². The molecule has 0 saturated heterocycles. The van der Waals surface area contributed by atoms with Crippen molar-refractivity contribution in [3.8, 4) is 0 Å². The molecule has 0 radical (unpaired) electrons. The molecule has 0 fully saturated rings. The molecule has 0 aliphatic rings. The molecule has 3 nitrogen and oxygen atoms in total. The van der Waals surface area contributed by atoms with Gasteiger partial charge < -0.3 is 10.9 Å². The van der Waals surface area contributed by atoms with Crippen LogP contribution in [-0.2, 0) is 0 Å². The topological polar surface area (TPSA) is 58.6 Å². The molecule has 2 rings (SSSR count). The fourth-order valence-electron chi connectivity index (χ4n) is 2.01. The molecule has 104 valence electrons. The van der Waals surface area contributed by atoms with Crippen LogP contribution in [0.25, 0.3) is 0 Å². The lowest BCUT2D eigenvalue weighted by molar-refractivity contribution is 0.318. The van der Waals surface area contributed by atoms with Gasteiger partial charge >= 0.3 is 0 Å². The number of hydrogen-bond acceptors (Lipinski definition) is 3. The standard InChI is InChI=1S/C16H18N2OS/c1-10-5-7-14(12(3)8-10)20-15-9-11(2)4-6-13(15)16(17)18-19/h4-9,19H,1-3H3,(H2,17,18). The highest BCUT2D eigenvalue weighted by molar-refractivity contribution is 7.99. The molecule has 2 aromatic rings. The molecule has 20 heavy (non-hydrogen) atoms. The fraction of sp³-hybridized carbons (Fsp3) is 0.188. The Morgan fingerprint density at radius 2 is 1.65 bits per heavy atom. The number of oxime groups is 1. The van der Waals surface area contributed by atoms with Crippen molar-refractivity contribution in [1.29, 1.82) is 0 Å². The minimum atomic E-state index is 0.136. The lowest BCUT2D eigenvalue weighted by Crippen LogP contribution is -2.14. The number of amidine groups is 1. The second-order valence-electron chi connectivity index (χ2n) is 4.86. The van der Waals surface area contributed by atoms with Gasteiger partial charge in [-0.2, -0.15) is 0 Å². The first-order valence-electron chi connectivity index (χ1n) is 6.35. The van der Waals surface area contributed by atoms with Crippen LogP contribution >= 0.6 is 11.8 Å². The molecule has 4 heteroatoms. The van der Waals surface area contributed by atoms with Crippen LogP contribution in [-0.4, -0.2) is 11.0 Å². The van der Waals surface area contributed by atoms with Gasteiger partial charge in [-0.1, -0.05) is 40.7 Å². The molecule has 0 bridgehead atoms. The predicted octanol–water partition coefficient (Wildman–Crippen LogP) is 3.86. The largest absolute Gasteiger partial charge is 0.409 e. The van der Waals surface area contributed by atoms with Crippen LogP contribution in [0.5, 0.6) is 0 Å². The minimum absolute atomic E-state index is 0.136. The summed E-state index contributed by atoms with van der Waals surface area (Å²) >= 11 is 1.64. The van der Waals surface area contributed by atoms with E-state index < -0.39 is 0 Å². The third-order valence-electron chi connectivity index (χ3n) is 3.07. The molecule has 3 N–H and O–H groups in total. The average Bonchev–Trinajstić information content (AvgIpc) is 2.41. The maximum Gasteiger partial charge on any atom is 0.171 e. The van der Waals surface area contributed by atoms with Gasteiger partial charge in [-0.25, -0.2) is 0 Å². The molecule has 0 saturated carbocycles. The van der Waals surface area contributed by atoms with Crippen molar-refractivity contribution in [1.82, 2.24) is 0 Å². The van der Waals surface area contributed by atoms with E-state index in [4.69, 9.17) is 10.9 Å². The summed E-state index contributed by atoms with van der Waals surface area (Å²) in [5.74, 6) is 0.136. The van der Waals surface area contributed by atoms with Crippen molar-refractivity contribution in [3.63, 3.8) is 0 Å². The molecule has 0 unspecified atom stereocenters. The zero-order chi connectivity index (χ0) is 14.7. The molecule has 0 atom stereocenters. The molecule has 0 spiro atoms. The number of rotatable bonds is 3. The Kier molecular flexibility index (Phi) is 4.35. The maximum absolute atomic E-state index is 8.89. The quantitative estimate of drug-likeness (QED) is 0.390. The lowest BCUT2D eigenvalue weighted by Gasteiger charge is -2.11. The van der Waals surface area contributed by atoms with Gasteiger partial charge in [-0.3, -0.25) is 0 Å². The molecule has 0 amide bonds. The van der Waals surface area contributed by atoms with E-state index in [-0.39, 0.29) is 5.84 Å². The maximum atomic E-state index is 8.89. The first-order valence-corrected chi connectivity index (χ1v) is 7.16. The van der Waals surface area contributed by atoms with E-state index in [1.165, 1.54) is 16.0 Å². The van der Waals surface area contributed by atoms with E-state index in [1.54, 1.807) is 11.8 Å². The zero-order valence-corrected chi connectivity index (χ0v) is 12.7. The van der Waals surface area contributed by atoms with E-state index >= 15 is 0 Å². The molecule has 0 aliphatic carbocycles. The fourth-order valence-corrected chi connectivity index (χ4v) is 3.13. The summed E-state index contributed by atoms with van der Waals surface area (Å²) in [6.07, 6.45) is 0. The van der Waals surface area contributed by atoms with Crippen LogP contribution in [0.3, 0.4) is 0 Å². The number of benzene rings is 2. The summed E-state index contributed by atoms with van der Waals surface area (Å²) in [5, 5.41) is 12.0. The van der Waals surface area contributed by atoms with Crippen molar-refractivity contribution in [2.24, 2.45) is 10.9 Å². The van der Waals surface area contributed by atoms with E-state index in [1.807, 2.05) is 19.1 Å². The second-order valence-corrected chi connectivity index (χ2v) is 5.94. The van der Waals surface area contributed by atoms with Gasteiger partial charge in [-0.15, -0.1) is 0 Å². The highest BCUT2D eigenvalue weighted by Gasteiger charge is 2.10. The summed E-state index contributed by atoms with van der Waals surface area (Å²) in [7, 11) is 0. The first kappa shape index (κ1) is 14.5. The Morgan fingerprint density at radius 3 is 2.30 bits per heavy atom. The van der Waals surface area contributed by atoms with Crippen LogP contribution in [0.2, 0.25) is 0 Å². The van der Waals surface area contributed by atoms with E-state index in [2.05, 4.69) is 43.3 Å². The Hall–Kier alpha value is -1.94. The highest BCUT2D eigenvalue weighted by atomic mass is 32.2. The minimum Gasteiger partial charge on any atom is -0.409 e. The Labute approximate surface area is 123 Å². The average molecular weight is 286 g/mol. The number of nitrogens with two attached hydrogens (primary N) is 1. The summed E-state index contributed by atoms with van der Waals surface area (Å²) in [6.45, 7) is 6.20. The van der Waals surface area contributed by atoms with Crippen LogP contribution in [0.15, 0.2) is 51.3 Å². The zero-order valence-electron chi connectivity index (χ0n) is 11.8. The molecule has 0 aromatic heterocycles.